The lowest BCUT2D eigenvalue weighted by atomic mass is 10.2. The fraction of sp³-hybridized carbons (Fsp3) is 0.143. The highest BCUT2D eigenvalue weighted by molar-refractivity contribution is 5.25. The van der Waals surface area contributed by atoms with Gasteiger partial charge in [0.05, 0.1) is 0 Å². The molecule has 0 fully saturated rings. The molecule has 0 unspecified atom stereocenters. The van der Waals surface area contributed by atoms with Gasteiger partial charge in [-0.05, 0) is 24.6 Å². The Kier molecular flexibility index (Phi) is 2.74. The van der Waals surface area contributed by atoms with Gasteiger partial charge < -0.3 is 10.6 Å². The Bertz CT molecular complexity index is 167. The van der Waals surface area contributed by atoms with Crippen LogP contribution in [-0.4, -0.2) is 10.6 Å². The summed E-state index contributed by atoms with van der Waals surface area (Å²) in [5, 5.41) is 8.81. The first-order valence-corrected chi connectivity index (χ1v) is 2.54. The molecule has 3 N–H and O–H groups in total. The first-order chi connectivity index (χ1) is 3.79. The van der Waals surface area contributed by atoms with Crippen molar-refractivity contribution in [1.29, 1.82) is 0 Å². The molecule has 0 spiro atoms. The molecule has 9 heavy (non-hydrogen) atoms. The van der Waals surface area contributed by atoms with E-state index in [1.54, 1.807) is 12.1 Å². The van der Waals surface area contributed by atoms with Crippen LogP contribution in [0.25, 0.3) is 0 Å². The van der Waals surface area contributed by atoms with E-state index >= 15 is 0 Å². The van der Waals surface area contributed by atoms with E-state index in [1.807, 2.05) is 19.1 Å². The van der Waals surface area contributed by atoms with E-state index in [-0.39, 0.29) is 5.48 Å². The predicted octanol–water partition coefficient (Wildman–Crippen LogP) is 0.876. The number of aryl methyl sites for hydroxylation is 1. The molecule has 0 saturated carbocycles. The van der Waals surface area contributed by atoms with E-state index in [9.17, 15) is 0 Å². The highest BCUT2D eigenvalue weighted by Crippen LogP contribution is 2.08. The van der Waals surface area contributed by atoms with Crippen molar-refractivity contribution in [1.82, 2.24) is 0 Å². The van der Waals surface area contributed by atoms with Crippen LogP contribution in [0.4, 0.5) is 0 Å². The van der Waals surface area contributed by atoms with Gasteiger partial charge in [-0.3, -0.25) is 0 Å². The average Bonchev–Trinajstić information content (AvgIpc) is 1.64. The van der Waals surface area contributed by atoms with Crippen LogP contribution in [-0.2, 0) is 0 Å². The van der Waals surface area contributed by atoms with E-state index in [1.165, 1.54) is 0 Å². The van der Waals surface area contributed by atoms with Gasteiger partial charge in [0.1, 0.15) is 5.75 Å². The predicted molar refractivity (Wildman–Crippen MR) is 36.5 cm³/mol. The zero-order valence-corrected chi connectivity index (χ0v) is 5.26. The summed E-state index contributed by atoms with van der Waals surface area (Å²) >= 11 is 0. The van der Waals surface area contributed by atoms with Gasteiger partial charge in [-0.15, -0.1) is 0 Å². The molecule has 1 aromatic rings. The number of rotatable bonds is 0. The van der Waals surface area contributed by atoms with Gasteiger partial charge in [-0.1, -0.05) is 12.1 Å². The minimum Gasteiger partial charge on any atom is -0.508 e. The highest BCUT2D eigenvalue weighted by Gasteiger charge is 1.83. The van der Waals surface area contributed by atoms with E-state index in [0.717, 1.165) is 5.56 Å². The number of benzene rings is 1. The van der Waals surface area contributed by atoms with Crippen molar-refractivity contribution in [2.24, 2.45) is 0 Å². The standard InChI is InChI=1S/C7H8O.H2O/c1-6-3-2-4-7(8)5-6;/h2-5,8H,1H3;1H2. The van der Waals surface area contributed by atoms with Crippen molar-refractivity contribution < 1.29 is 10.6 Å². The number of phenols is 1. The molecular weight excluding hydrogens is 116 g/mol. The second-order valence-electron chi connectivity index (χ2n) is 1.84. The van der Waals surface area contributed by atoms with Crippen LogP contribution in [0.5, 0.6) is 5.75 Å². The van der Waals surface area contributed by atoms with E-state index < -0.39 is 0 Å². The molecule has 0 aliphatic heterocycles. The molecule has 2 nitrogen and oxygen atoms in total. The minimum atomic E-state index is 0. The Morgan fingerprint density at radius 1 is 1.33 bits per heavy atom. The SMILES string of the molecule is Cc1cccc(O)c1.O. The molecule has 1 rings (SSSR count). The Morgan fingerprint density at radius 2 is 2.00 bits per heavy atom. The topological polar surface area (TPSA) is 51.7 Å². The van der Waals surface area contributed by atoms with Gasteiger partial charge in [0.15, 0.2) is 0 Å². The molecular formula is C7H10O2. The Labute approximate surface area is 54.1 Å². The summed E-state index contributed by atoms with van der Waals surface area (Å²) < 4.78 is 0. The van der Waals surface area contributed by atoms with Crippen LogP contribution < -0.4 is 0 Å². The molecule has 2 heteroatoms. The molecule has 50 valence electrons. The third kappa shape index (κ3) is 2.15. The second kappa shape index (κ2) is 3.10. The maximum atomic E-state index is 8.81. The van der Waals surface area contributed by atoms with E-state index in [2.05, 4.69) is 0 Å². The summed E-state index contributed by atoms with van der Waals surface area (Å²) in [6.07, 6.45) is 0. The van der Waals surface area contributed by atoms with Crippen LogP contribution in [0.15, 0.2) is 24.3 Å². The van der Waals surface area contributed by atoms with Crippen molar-refractivity contribution in [3.8, 4) is 5.75 Å². The lowest BCUT2D eigenvalue weighted by Crippen LogP contribution is -1.66. The maximum Gasteiger partial charge on any atom is 0.115 e. The highest BCUT2D eigenvalue weighted by atomic mass is 16.3. The molecule has 0 heterocycles. The molecule has 0 aromatic heterocycles. The third-order valence-corrected chi connectivity index (χ3v) is 1.00. The normalized spacial score (nSPS) is 8.11. The van der Waals surface area contributed by atoms with Crippen molar-refractivity contribution in [3.05, 3.63) is 29.8 Å². The Balaban J connectivity index is 0.000000640. The number of hydrogen-bond acceptors (Lipinski definition) is 1. The monoisotopic (exact) mass is 126 g/mol. The Morgan fingerprint density at radius 3 is 2.33 bits per heavy atom. The summed E-state index contributed by atoms with van der Waals surface area (Å²) in [7, 11) is 0. The summed E-state index contributed by atoms with van der Waals surface area (Å²) in [6.45, 7) is 1.94. The molecule has 0 bridgehead atoms. The van der Waals surface area contributed by atoms with Crippen molar-refractivity contribution in [2.45, 2.75) is 6.92 Å². The number of aromatic hydroxyl groups is 1. The van der Waals surface area contributed by atoms with Crippen LogP contribution in [0.1, 0.15) is 5.56 Å². The first kappa shape index (κ1) is 7.98. The molecule has 0 atom stereocenters. The third-order valence-electron chi connectivity index (χ3n) is 1.00. The lowest BCUT2D eigenvalue weighted by molar-refractivity contribution is 0.475. The smallest absolute Gasteiger partial charge is 0.115 e. The van der Waals surface area contributed by atoms with Crippen molar-refractivity contribution >= 4 is 0 Å². The Hall–Kier alpha value is -1.02. The summed E-state index contributed by atoms with van der Waals surface area (Å²) in [5.74, 6) is 0.338. The minimum absolute atomic E-state index is 0. The summed E-state index contributed by atoms with van der Waals surface area (Å²) in [4.78, 5) is 0. The van der Waals surface area contributed by atoms with Gasteiger partial charge in [0, 0.05) is 0 Å². The molecule has 0 amide bonds. The molecule has 0 radical (unpaired) electrons. The molecule has 0 aliphatic carbocycles. The quantitative estimate of drug-likeness (QED) is 0.551. The van der Waals surface area contributed by atoms with E-state index in [4.69, 9.17) is 5.11 Å². The van der Waals surface area contributed by atoms with Crippen LogP contribution >= 0.6 is 0 Å². The van der Waals surface area contributed by atoms with Gasteiger partial charge in [-0.2, -0.15) is 0 Å². The summed E-state index contributed by atoms with van der Waals surface area (Å²) in [6, 6.07) is 7.15. The van der Waals surface area contributed by atoms with Gasteiger partial charge in [0.25, 0.3) is 0 Å². The molecule has 0 aliphatic rings. The van der Waals surface area contributed by atoms with E-state index in [0.29, 0.717) is 5.75 Å². The number of hydrogen-bond donors (Lipinski definition) is 1. The zero-order valence-electron chi connectivity index (χ0n) is 5.26. The van der Waals surface area contributed by atoms with Gasteiger partial charge >= 0.3 is 0 Å². The van der Waals surface area contributed by atoms with Crippen LogP contribution in [0.3, 0.4) is 0 Å². The van der Waals surface area contributed by atoms with Crippen LogP contribution in [0.2, 0.25) is 0 Å². The fourth-order valence-corrected chi connectivity index (χ4v) is 0.628. The van der Waals surface area contributed by atoms with Crippen LogP contribution in [0, 0.1) is 6.92 Å². The molecule has 1 aromatic carbocycles. The summed E-state index contributed by atoms with van der Waals surface area (Å²) in [5.41, 5.74) is 1.09. The first-order valence-electron chi connectivity index (χ1n) is 2.54. The van der Waals surface area contributed by atoms with Gasteiger partial charge in [0.2, 0.25) is 0 Å². The zero-order chi connectivity index (χ0) is 5.98. The molecule has 0 saturated heterocycles. The van der Waals surface area contributed by atoms with Gasteiger partial charge in [-0.25, -0.2) is 0 Å². The van der Waals surface area contributed by atoms with Crippen molar-refractivity contribution in [3.63, 3.8) is 0 Å². The number of phenolic OH excluding ortho intramolecular Hbond substituents is 1. The maximum absolute atomic E-state index is 8.81. The average molecular weight is 126 g/mol. The fourth-order valence-electron chi connectivity index (χ4n) is 0.628. The van der Waals surface area contributed by atoms with Crippen molar-refractivity contribution in [2.75, 3.05) is 0 Å². The largest absolute Gasteiger partial charge is 0.508 e. The lowest BCUT2D eigenvalue weighted by Gasteiger charge is -1.89. The second-order valence-corrected chi connectivity index (χ2v) is 1.84.